The van der Waals surface area contributed by atoms with Crippen molar-refractivity contribution in [1.82, 2.24) is 15.5 Å². The second kappa shape index (κ2) is 7.10. The smallest absolute Gasteiger partial charge is 0.237 e. The van der Waals surface area contributed by atoms with Crippen molar-refractivity contribution in [3.8, 4) is 0 Å². The third-order valence-corrected chi connectivity index (χ3v) is 3.72. The van der Waals surface area contributed by atoms with Crippen molar-refractivity contribution >= 4 is 5.91 Å². The molecule has 1 fully saturated rings. The summed E-state index contributed by atoms with van der Waals surface area (Å²) in [6.07, 6.45) is 4.48. The molecule has 18 heavy (non-hydrogen) atoms. The summed E-state index contributed by atoms with van der Waals surface area (Å²) in [5, 5.41) is 6.41. The molecule has 0 saturated carbocycles. The van der Waals surface area contributed by atoms with E-state index in [0.717, 1.165) is 38.9 Å². The van der Waals surface area contributed by atoms with Gasteiger partial charge < -0.3 is 15.5 Å². The van der Waals surface area contributed by atoms with E-state index in [0.29, 0.717) is 0 Å². The maximum absolute atomic E-state index is 12.1. The predicted molar refractivity (Wildman–Crippen MR) is 75.6 cm³/mol. The Bertz CT molecular complexity index is 264. The number of hydrogen-bond donors (Lipinski definition) is 2. The first-order valence-corrected chi connectivity index (χ1v) is 7.09. The molecule has 1 atom stereocenters. The minimum absolute atomic E-state index is 0.0277. The number of rotatable bonds is 6. The van der Waals surface area contributed by atoms with E-state index in [9.17, 15) is 4.79 Å². The van der Waals surface area contributed by atoms with Crippen molar-refractivity contribution in [1.29, 1.82) is 0 Å². The lowest BCUT2D eigenvalue weighted by Gasteiger charge is -2.38. The average Bonchev–Trinajstić information content (AvgIpc) is 2.27. The Morgan fingerprint density at radius 3 is 2.72 bits per heavy atom. The number of nitrogens with one attached hydrogen (secondary N) is 2. The summed E-state index contributed by atoms with van der Waals surface area (Å²) in [6, 6.07) is -0.0277. The number of carbonyl (C=O) groups is 1. The minimum Gasteiger partial charge on any atom is -0.355 e. The van der Waals surface area contributed by atoms with E-state index in [2.05, 4.69) is 43.5 Å². The summed E-state index contributed by atoms with van der Waals surface area (Å²) in [6.45, 7) is 7.19. The highest BCUT2D eigenvalue weighted by Crippen LogP contribution is 2.29. The highest BCUT2D eigenvalue weighted by molar-refractivity contribution is 5.82. The zero-order valence-electron chi connectivity index (χ0n) is 12.4. The molecule has 0 aromatic carbocycles. The molecule has 4 nitrogen and oxygen atoms in total. The molecule has 1 saturated heterocycles. The van der Waals surface area contributed by atoms with Crippen LogP contribution in [-0.4, -0.2) is 50.6 Å². The van der Waals surface area contributed by atoms with Crippen LogP contribution in [0.5, 0.6) is 0 Å². The van der Waals surface area contributed by atoms with Crippen LogP contribution in [0.4, 0.5) is 0 Å². The van der Waals surface area contributed by atoms with Gasteiger partial charge in [0.25, 0.3) is 0 Å². The fraction of sp³-hybridized carbons (Fsp3) is 0.929. The van der Waals surface area contributed by atoms with Crippen LogP contribution >= 0.6 is 0 Å². The Morgan fingerprint density at radius 2 is 2.11 bits per heavy atom. The van der Waals surface area contributed by atoms with Gasteiger partial charge in [0.1, 0.15) is 0 Å². The third kappa shape index (κ3) is 4.94. The van der Waals surface area contributed by atoms with Gasteiger partial charge >= 0.3 is 0 Å². The van der Waals surface area contributed by atoms with Crippen molar-refractivity contribution < 1.29 is 4.79 Å². The zero-order valence-corrected chi connectivity index (χ0v) is 12.4. The molecule has 0 bridgehead atoms. The Balaban J connectivity index is 2.23. The molecule has 0 aliphatic carbocycles. The van der Waals surface area contributed by atoms with E-state index in [4.69, 9.17) is 0 Å². The summed E-state index contributed by atoms with van der Waals surface area (Å²) in [5.41, 5.74) is 0.0754. The molecule has 0 aromatic heterocycles. The maximum atomic E-state index is 12.1. The number of hydrogen-bond acceptors (Lipinski definition) is 3. The Kier molecular flexibility index (Phi) is 6.09. The lowest BCUT2D eigenvalue weighted by molar-refractivity contribution is -0.126. The topological polar surface area (TPSA) is 44.4 Å². The fourth-order valence-corrected chi connectivity index (χ4v) is 2.53. The normalized spacial score (nSPS) is 23.1. The van der Waals surface area contributed by atoms with Crippen LogP contribution in [-0.2, 0) is 4.79 Å². The molecule has 1 aliphatic rings. The third-order valence-electron chi connectivity index (χ3n) is 3.72. The lowest BCUT2D eigenvalue weighted by atomic mass is 9.77. The SMILES string of the molecule is CN(C)CCCCNC(=O)C1NCCCC1(C)C. The first-order valence-electron chi connectivity index (χ1n) is 7.09. The van der Waals surface area contributed by atoms with Gasteiger partial charge in [-0.25, -0.2) is 0 Å². The van der Waals surface area contributed by atoms with Gasteiger partial charge in [0.05, 0.1) is 6.04 Å². The van der Waals surface area contributed by atoms with Gasteiger partial charge in [0, 0.05) is 6.54 Å². The van der Waals surface area contributed by atoms with E-state index < -0.39 is 0 Å². The molecule has 1 unspecified atom stereocenters. The Morgan fingerprint density at radius 1 is 1.39 bits per heavy atom. The first-order chi connectivity index (χ1) is 8.43. The fourth-order valence-electron chi connectivity index (χ4n) is 2.53. The van der Waals surface area contributed by atoms with Crippen molar-refractivity contribution in [2.24, 2.45) is 5.41 Å². The highest BCUT2D eigenvalue weighted by Gasteiger charge is 2.36. The maximum Gasteiger partial charge on any atom is 0.237 e. The van der Waals surface area contributed by atoms with Gasteiger partial charge in [-0.1, -0.05) is 13.8 Å². The molecule has 2 N–H and O–H groups in total. The van der Waals surface area contributed by atoms with E-state index >= 15 is 0 Å². The summed E-state index contributed by atoms with van der Waals surface area (Å²) in [4.78, 5) is 14.3. The number of carbonyl (C=O) groups excluding carboxylic acids is 1. The van der Waals surface area contributed by atoms with Gasteiger partial charge in [-0.3, -0.25) is 4.79 Å². The molecule has 1 amide bonds. The van der Waals surface area contributed by atoms with Crippen LogP contribution in [0.25, 0.3) is 0 Å². The average molecular weight is 255 g/mol. The summed E-state index contributed by atoms with van der Waals surface area (Å²) in [7, 11) is 4.15. The Hall–Kier alpha value is -0.610. The molecular weight excluding hydrogens is 226 g/mol. The van der Waals surface area contributed by atoms with Crippen LogP contribution in [0.15, 0.2) is 0 Å². The molecule has 0 radical (unpaired) electrons. The van der Waals surface area contributed by atoms with E-state index in [1.807, 2.05) is 0 Å². The van der Waals surface area contributed by atoms with E-state index in [-0.39, 0.29) is 17.4 Å². The zero-order chi connectivity index (χ0) is 13.6. The van der Waals surface area contributed by atoms with Gasteiger partial charge in [0.2, 0.25) is 5.91 Å². The van der Waals surface area contributed by atoms with Crippen LogP contribution in [0.1, 0.15) is 39.5 Å². The van der Waals surface area contributed by atoms with Crippen molar-refractivity contribution in [3.63, 3.8) is 0 Å². The number of nitrogens with zero attached hydrogens (tertiary/aromatic N) is 1. The van der Waals surface area contributed by atoms with Gasteiger partial charge in [-0.15, -0.1) is 0 Å². The molecular formula is C14H29N3O. The monoisotopic (exact) mass is 255 g/mol. The lowest BCUT2D eigenvalue weighted by Crippen LogP contribution is -2.55. The minimum atomic E-state index is -0.0277. The van der Waals surface area contributed by atoms with Crippen molar-refractivity contribution in [3.05, 3.63) is 0 Å². The standard InChI is InChI=1S/C14H29N3O/c1-14(2)8-7-10-15-12(14)13(18)16-9-5-6-11-17(3)4/h12,15H,5-11H2,1-4H3,(H,16,18). The molecule has 1 aliphatic heterocycles. The second-order valence-electron chi connectivity index (χ2n) is 6.28. The molecule has 106 valence electrons. The van der Waals surface area contributed by atoms with Crippen LogP contribution < -0.4 is 10.6 Å². The number of piperidine rings is 1. The summed E-state index contributed by atoms with van der Waals surface area (Å²) >= 11 is 0. The predicted octanol–water partition coefficient (Wildman–Crippen LogP) is 1.22. The largest absolute Gasteiger partial charge is 0.355 e. The van der Waals surface area contributed by atoms with E-state index in [1.165, 1.54) is 6.42 Å². The molecule has 0 aromatic rings. The van der Waals surface area contributed by atoms with E-state index in [1.54, 1.807) is 0 Å². The first kappa shape index (κ1) is 15.4. The summed E-state index contributed by atoms with van der Waals surface area (Å²) < 4.78 is 0. The summed E-state index contributed by atoms with van der Waals surface area (Å²) in [5.74, 6) is 0.171. The molecule has 1 heterocycles. The highest BCUT2D eigenvalue weighted by atomic mass is 16.2. The molecule has 4 heteroatoms. The van der Waals surface area contributed by atoms with Crippen molar-refractivity contribution in [2.45, 2.75) is 45.6 Å². The van der Waals surface area contributed by atoms with Gasteiger partial charge in [-0.2, -0.15) is 0 Å². The van der Waals surface area contributed by atoms with Crippen LogP contribution in [0.3, 0.4) is 0 Å². The number of unbranched alkanes of at least 4 members (excludes halogenated alkanes) is 1. The second-order valence-corrected chi connectivity index (χ2v) is 6.28. The van der Waals surface area contributed by atoms with Gasteiger partial charge in [-0.05, 0) is 58.3 Å². The molecule has 0 spiro atoms. The number of amides is 1. The quantitative estimate of drug-likeness (QED) is 0.702. The van der Waals surface area contributed by atoms with Gasteiger partial charge in [0.15, 0.2) is 0 Å². The van der Waals surface area contributed by atoms with Crippen molar-refractivity contribution in [2.75, 3.05) is 33.7 Å². The van der Waals surface area contributed by atoms with Crippen LogP contribution in [0.2, 0.25) is 0 Å². The van der Waals surface area contributed by atoms with Crippen LogP contribution in [0, 0.1) is 5.41 Å². The Labute approximate surface area is 111 Å². The molecule has 1 rings (SSSR count).